The highest BCUT2D eigenvalue weighted by Crippen LogP contribution is 2.17. The molecule has 0 radical (unpaired) electrons. The van der Waals surface area contributed by atoms with E-state index in [1.165, 1.54) is 32.5 Å². The Bertz CT molecular complexity index is 117. The average Bonchev–Trinajstić information content (AvgIpc) is 2.25. The SMILES string of the molecule is CCOCC1CCN(CCCN)CC1. The van der Waals surface area contributed by atoms with Crippen LogP contribution in [0.3, 0.4) is 0 Å². The molecule has 0 bridgehead atoms. The maximum atomic E-state index is 5.49. The highest BCUT2D eigenvalue weighted by atomic mass is 16.5. The molecule has 0 amide bonds. The van der Waals surface area contributed by atoms with Crippen LogP contribution in [0, 0.1) is 5.92 Å². The van der Waals surface area contributed by atoms with Crippen LogP contribution in [0.2, 0.25) is 0 Å². The van der Waals surface area contributed by atoms with Gasteiger partial charge in [0.05, 0.1) is 0 Å². The smallest absolute Gasteiger partial charge is 0.0495 e. The number of likely N-dealkylation sites (tertiary alicyclic amines) is 1. The quantitative estimate of drug-likeness (QED) is 0.697. The molecule has 0 aromatic rings. The molecule has 1 fully saturated rings. The van der Waals surface area contributed by atoms with E-state index in [0.717, 1.165) is 32.1 Å². The summed E-state index contributed by atoms with van der Waals surface area (Å²) >= 11 is 0. The van der Waals surface area contributed by atoms with E-state index < -0.39 is 0 Å². The van der Waals surface area contributed by atoms with Gasteiger partial charge in [0, 0.05) is 13.2 Å². The highest BCUT2D eigenvalue weighted by molar-refractivity contribution is 4.71. The molecule has 2 N–H and O–H groups in total. The topological polar surface area (TPSA) is 38.5 Å². The molecular formula is C11H24N2O. The van der Waals surface area contributed by atoms with Crippen molar-refractivity contribution in [3.63, 3.8) is 0 Å². The fraction of sp³-hybridized carbons (Fsp3) is 1.00. The first-order valence-electron chi connectivity index (χ1n) is 5.87. The first-order valence-corrected chi connectivity index (χ1v) is 5.87. The molecule has 3 heteroatoms. The van der Waals surface area contributed by atoms with Crippen LogP contribution in [0.1, 0.15) is 26.2 Å². The van der Waals surface area contributed by atoms with Crippen LogP contribution in [0.4, 0.5) is 0 Å². The van der Waals surface area contributed by atoms with Crippen LogP contribution in [-0.2, 0) is 4.74 Å². The number of piperidine rings is 1. The van der Waals surface area contributed by atoms with Crippen molar-refractivity contribution < 1.29 is 4.74 Å². The van der Waals surface area contributed by atoms with Gasteiger partial charge in [0.25, 0.3) is 0 Å². The van der Waals surface area contributed by atoms with Crippen LogP contribution in [-0.4, -0.2) is 44.3 Å². The maximum absolute atomic E-state index is 5.49. The van der Waals surface area contributed by atoms with Crippen LogP contribution < -0.4 is 5.73 Å². The summed E-state index contributed by atoms with van der Waals surface area (Å²) in [6.45, 7) is 8.34. The molecule has 1 heterocycles. The van der Waals surface area contributed by atoms with Gasteiger partial charge in [-0.15, -0.1) is 0 Å². The van der Waals surface area contributed by atoms with Crippen molar-refractivity contribution in [2.45, 2.75) is 26.2 Å². The Hall–Kier alpha value is -0.120. The number of nitrogens with zero attached hydrogens (tertiary/aromatic N) is 1. The van der Waals surface area contributed by atoms with E-state index in [9.17, 15) is 0 Å². The third-order valence-corrected chi connectivity index (χ3v) is 2.94. The zero-order valence-electron chi connectivity index (χ0n) is 9.37. The van der Waals surface area contributed by atoms with E-state index in [0.29, 0.717) is 0 Å². The van der Waals surface area contributed by atoms with E-state index in [4.69, 9.17) is 10.5 Å². The molecule has 84 valence electrons. The van der Waals surface area contributed by atoms with Crippen LogP contribution in [0.25, 0.3) is 0 Å². The van der Waals surface area contributed by atoms with Crippen molar-refractivity contribution in [2.75, 3.05) is 39.4 Å². The molecule has 0 aliphatic carbocycles. The van der Waals surface area contributed by atoms with Crippen molar-refractivity contribution in [1.29, 1.82) is 0 Å². The van der Waals surface area contributed by atoms with Gasteiger partial charge in [-0.05, 0) is 58.3 Å². The van der Waals surface area contributed by atoms with E-state index in [1.807, 2.05) is 0 Å². The Kier molecular flexibility index (Phi) is 6.15. The number of ether oxygens (including phenoxy) is 1. The molecule has 3 nitrogen and oxygen atoms in total. The first kappa shape index (κ1) is 12.0. The molecule has 0 spiro atoms. The fourth-order valence-corrected chi connectivity index (χ4v) is 1.98. The highest BCUT2D eigenvalue weighted by Gasteiger charge is 2.18. The van der Waals surface area contributed by atoms with Crippen molar-refractivity contribution in [2.24, 2.45) is 11.7 Å². The molecule has 1 rings (SSSR count). The molecule has 0 aromatic heterocycles. The van der Waals surface area contributed by atoms with Gasteiger partial charge in [-0.25, -0.2) is 0 Å². The molecule has 1 aliphatic heterocycles. The standard InChI is InChI=1S/C11H24N2O/c1-2-14-10-11-4-8-13(9-5-11)7-3-6-12/h11H,2-10,12H2,1H3. The van der Waals surface area contributed by atoms with Gasteiger partial charge in [0.2, 0.25) is 0 Å². The van der Waals surface area contributed by atoms with E-state index >= 15 is 0 Å². The van der Waals surface area contributed by atoms with Gasteiger partial charge in [-0.3, -0.25) is 0 Å². The summed E-state index contributed by atoms with van der Waals surface area (Å²) in [5, 5.41) is 0. The number of rotatable bonds is 6. The Labute approximate surface area is 87.6 Å². The van der Waals surface area contributed by atoms with Gasteiger partial charge in [0.15, 0.2) is 0 Å². The van der Waals surface area contributed by atoms with Gasteiger partial charge in [0.1, 0.15) is 0 Å². The lowest BCUT2D eigenvalue weighted by atomic mass is 9.98. The molecular weight excluding hydrogens is 176 g/mol. The molecule has 0 saturated carbocycles. The summed E-state index contributed by atoms with van der Waals surface area (Å²) in [4.78, 5) is 2.52. The predicted molar refractivity (Wildman–Crippen MR) is 59.3 cm³/mol. The van der Waals surface area contributed by atoms with E-state index in [-0.39, 0.29) is 0 Å². The molecule has 14 heavy (non-hydrogen) atoms. The number of nitrogens with two attached hydrogens (primary N) is 1. The molecule has 1 aliphatic rings. The first-order chi connectivity index (χ1) is 6.86. The lowest BCUT2D eigenvalue weighted by Gasteiger charge is -2.31. The fourth-order valence-electron chi connectivity index (χ4n) is 1.98. The lowest BCUT2D eigenvalue weighted by molar-refractivity contribution is 0.0741. The zero-order valence-corrected chi connectivity index (χ0v) is 9.37. The second-order valence-electron chi connectivity index (χ2n) is 4.09. The van der Waals surface area contributed by atoms with Crippen molar-refractivity contribution in [1.82, 2.24) is 4.90 Å². The number of hydrogen-bond acceptors (Lipinski definition) is 3. The van der Waals surface area contributed by atoms with Crippen LogP contribution >= 0.6 is 0 Å². The molecule has 1 saturated heterocycles. The largest absolute Gasteiger partial charge is 0.381 e. The Morgan fingerprint density at radius 2 is 2.07 bits per heavy atom. The van der Waals surface area contributed by atoms with Gasteiger partial charge >= 0.3 is 0 Å². The molecule has 0 aromatic carbocycles. The van der Waals surface area contributed by atoms with Gasteiger partial charge < -0.3 is 15.4 Å². The normalized spacial score (nSPS) is 20.1. The zero-order chi connectivity index (χ0) is 10.2. The van der Waals surface area contributed by atoms with Crippen molar-refractivity contribution in [3.8, 4) is 0 Å². The number of hydrogen-bond donors (Lipinski definition) is 1. The second kappa shape index (κ2) is 7.21. The molecule has 0 unspecified atom stereocenters. The summed E-state index contributed by atoms with van der Waals surface area (Å²) in [6.07, 6.45) is 3.73. The Morgan fingerprint density at radius 1 is 1.36 bits per heavy atom. The summed E-state index contributed by atoms with van der Waals surface area (Å²) in [5.74, 6) is 0.795. The summed E-state index contributed by atoms with van der Waals surface area (Å²) in [7, 11) is 0. The average molecular weight is 200 g/mol. The Morgan fingerprint density at radius 3 is 2.64 bits per heavy atom. The van der Waals surface area contributed by atoms with Crippen molar-refractivity contribution in [3.05, 3.63) is 0 Å². The van der Waals surface area contributed by atoms with E-state index in [2.05, 4.69) is 11.8 Å². The summed E-state index contributed by atoms with van der Waals surface area (Å²) in [5.41, 5.74) is 5.49. The van der Waals surface area contributed by atoms with Gasteiger partial charge in [-0.1, -0.05) is 0 Å². The van der Waals surface area contributed by atoms with Gasteiger partial charge in [-0.2, -0.15) is 0 Å². The Balaban J connectivity index is 2.05. The predicted octanol–water partition coefficient (Wildman–Crippen LogP) is 1.08. The molecule has 0 atom stereocenters. The van der Waals surface area contributed by atoms with Crippen LogP contribution in [0.5, 0.6) is 0 Å². The minimum absolute atomic E-state index is 0.795. The summed E-state index contributed by atoms with van der Waals surface area (Å²) in [6, 6.07) is 0. The maximum Gasteiger partial charge on any atom is 0.0495 e. The van der Waals surface area contributed by atoms with Crippen LogP contribution in [0.15, 0.2) is 0 Å². The minimum atomic E-state index is 0.795. The summed E-state index contributed by atoms with van der Waals surface area (Å²) < 4.78 is 5.45. The third kappa shape index (κ3) is 4.40. The lowest BCUT2D eigenvalue weighted by Crippen LogP contribution is -2.36. The second-order valence-corrected chi connectivity index (χ2v) is 4.09. The third-order valence-electron chi connectivity index (χ3n) is 2.94. The minimum Gasteiger partial charge on any atom is -0.381 e. The van der Waals surface area contributed by atoms with Crippen molar-refractivity contribution >= 4 is 0 Å². The monoisotopic (exact) mass is 200 g/mol. The van der Waals surface area contributed by atoms with E-state index in [1.54, 1.807) is 0 Å².